The first-order valence-corrected chi connectivity index (χ1v) is 7.94. The summed E-state index contributed by atoms with van der Waals surface area (Å²) in [5, 5.41) is 10.7. The highest BCUT2D eigenvalue weighted by Crippen LogP contribution is 2.33. The number of aryl methyl sites for hydroxylation is 1. The summed E-state index contributed by atoms with van der Waals surface area (Å²) in [5.74, 6) is -0.263. The number of hydrogen-bond acceptors (Lipinski definition) is 3. The molecule has 1 N–H and O–H groups in total. The van der Waals surface area contributed by atoms with Gasteiger partial charge >= 0.3 is 5.97 Å². The summed E-state index contributed by atoms with van der Waals surface area (Å²) in [4.78, 5) is 24.0. The molecule has 0 spiro atoms. The minimum Gasteiger partial charge on any atom is -0.497 e. The van der Waals surface area contributed by atoms with E-state index in [-0.39, 0.29) is 17.5 Å². The maximum Gasteiger partial charge on any atom is 0.306 e. The van der Waals surface area contributed by atoms with Gasteiger partial charge in [0.05, 0.1) is 13.0 Å². The van der Waals surface area contributed by atoms with Crippen molar-refractivity contribution in [3.05, 3.63) is 40.3 Å². The van der Waals surface area contributed by atoms with Gasteiger partial charge in [-0.2, -0.15) is 0 Å². The van der Waals surface area contributed by atoms with Crippen LogP contribution in [0.5, 0.6) is 5.75 Å². The van der Waals surface area contributed by atoms with Crippen LogP contribution in [0.3, 0.4) is 0 Å². The number of ether oxygens (including phenoxy) is 1. The molecule has 23 heavy (non-hydrogen) atoms. The number of aliphatic carboxylic acids is 1. The Morgan fingerprint density at radius 1 is 1.22 bits per heavy atom. The molecule has 2 aromatic rings. The number of rotatable bonds is 3. The van der Waals surface area contributed by atoms with E-state index >= 15 is 0 Å². The number of methoxy groups -OCH3 is 1. The average Bonchev–Trinajstić information content (AvgIpc) is 2.54. The van der Waals surface area contributed by atoms with Gasteiger partial charge < -0.3 is 14.4 Å². The number of carboxylic acid groups (broad SMARTS) is 1. The number of pyridine rings is 1. The van der Waals surface area contributed by atoms with E-state index < -0.39 is 5.97 Å². The molecule has 0 amide bonds. The fraction of sp³-hybridized carbons (Fsp3) is 0.444. The summed E-state index contributed by atoms with van der Waals surface area (Å²) >= 11 is 0. The molecule has 1 aromatic carbocycles. The van der Waals surface area contributed by atoms with Crippen molar-refractivity contribution in [2.24, 2.45) is 5.92 Å². The lowest BCUT2D eigenvalue weighted by molar-refractivity contribution is -0.143. The molecule has 122 valence electrons. The Labute approximate surface area is 134 Å². The molecule has 3 rings (SSSR count). The molecule has 0 unspecified atom stereocenters. The van der Waals surface area contributed by atoms with Crippen LogP contribution in [0.1, 0.15) is 37.4 Å². The third kappa shape index (κ3) is 2.83. The Kier molecular flexibility index (Phi) is 4.11. The second-order valence-electron chi connectivity index (χ2n) is 6.26. The van der Waals surface area contributed by atoms with Crippen LogP contribution in [0.2, 0.25) is 0 Å². The van der Waals surface area contributed by atoms with Crippen LogP contribution < -0.4 is 10.3 Å². The van der Waals surface area contributed by atoms with Crippen LogP contribution in [-0.2, 0) is 4.79 Å². The van der Waals surface area contributed by atoms with Crippen LogP contribution >= 0.6 is 0 Å². The second kappa shape index (κ2) is 6.07. The van der Waals surface area contributed by atoms with Gasteiger partial charge in [0.15, 0.2) is 0 Å². The molecular weight excluding hydrogens is 294 g/mol. The molecule has 0 atom stereocenters. The molecule has 1 aromatic heterocycles. The monoisotopic (exact) mass is 315 g/mol. The minimum atomic E-state index is -0.724. The van der Waals surface area contributed by atoms with Crippen molar-refractivity contribution in [2.45, 2.75) is 38.6 Å². The number of aromatic nitrogens is 1. The van der Waals surface area contributed by atoms with Gasteiger partial charge in [-0.3, -0.25) is 9.59 Å². The Bertz CT molecular complexity index is 801. The third-order valence-corrected chi connectivity index (χ3v) is 4.86. The zero-order valence-corrected chi connectivity index (χ0v) is 13.4. The first-order valence-electron chi connectivity index (χ1n) is 7.94. The highest BCUT2D eigenvalue weighted by Gasteiger charge is 2.28. The average molecular weight is 315 g/mol. The predicted molar refractivity (Wildman–Crippen MR) is 88.1 cm³/mol. The Morgan fingerprint density at radius 2 is 1.91 bits per heavy atom. The molecule has 0 radical (unpaired) electrons. The highest BCUT2D eigenvalue weighted by molar-refractivity contribution is 5.83. The number of fused-ring (bicyclic) bond motifs is 1. The van der Waals surface area contributed by atoms with Gasteiger partial charge in [-0.25, -0.2) is 0 Å². The van der Waals surface area contributed by atoms with E-state index in [1.165, 1.54) is 0 Å². The van der Waals surface area contributed by atoms with E-state index in [9.17, 15) is 9.59 Å². The Morgan fingerprint density at radius 3 is 2.52 bits per heavy atom. The van der Waals surface area contributed by atoms with Gasteiger partial charge in [0, 0.05) is 17.1 Å². The van der Waals surface area contributed by atoms with Crippen LogP contribution in [-0.4, -0.2) is 22.8 Å². The summed E-state index contributed by atoms with van der Waals surface area (Å²) < 4.78 is 7.06. The summed E-state index contributed by atoms with van der Waals surface area (Å²) in [6.07, 6.45) is 2.73. The van der Waals surface area contributed by atoms with Gasteiger partial charge in [0.1, 0.15) is 5.75 Å². The van der Waals surface area contributed by atoms with E-state index in [1.54, 1.807) is 19.2 Å². The van der Waals surface area contributed by atoms with Gasteiger partial charge in [-0.15, -0.1) is 0 Å². The van der Waals surface area contributed by atoms with Crippen molar-refractivity contribution in [3.8, 4) is 5.75 Å². The minimum absolute atomic E-state index is 0.00132. The number of nitrogens with zero attached hydrogens (tertiary/aromatic N) is 1. The van der Waals surface area contributed by atoms with E-state index in [1.807, 2.05) is 23.6 Å². The van der Waals surface area contributed by atoms with Crippen LogP contribution in [0.25, 0.3) is 10.8 Å². The maximum absolute atomic E-state index is 12.9. The standard InChI is InChI=1S/C18H21NO4/c1-11-9-13-10-15(23-2)7-8-16(13)17(20)19(11)14-5-3-12(4-6-14)18(21)22/h7-10,12,14H,3-6H2,1-2H3,(H,21,22)/t12-,14-. The quantitative estimate of drug-likeness (QED) is 0.945. The molecule has 5 nitrogen and oxygen atoms in total. The van der Waals surface area contributed by atoms with E-state index in [2.05, 4.69) is 0 Å². The number of benzene rings is 1. The van der Waals surface area contributed by atoms with E-state index in [4.69, 9.17) is 9.84 Å². The second-order valence-corrected chi connectivity index (χ2v) is 6.26. The highest BCUT2D eigenvalue weighted by atomic mass is 16.5. The summed E-state index contributed by atoms with van der Waals surface area (Å²) in [7, 11) is 1.61. The number of carbonyl (C=O) groups is 1. The Hall–Kier alpha value is -2.30. The predicted octanol–water partition coefficient (Wildman–Crippen LogP) is 3.13. The van der Waals surface area contributed by atoms with Gasteiger partial charge in [0.25, 0.3) is 5.56 Å². The third-order valence-electron chi connectivity index (χ3n) is 4.86. The first kappa shape index (κ1) is 15.6. The van der Waals surface area contributed by atoms with Crippen molar-refractivity contribution < 1.29 is 14.6 Å². The van der Waals surface area contributed by atoms with Crippen LogP contribution in [0.4, 0.5) is 0 Å². The molecule has 1 saturated carbocycles. The molecule has 5 heteroatoms. The fourth-order valence-corrected chi connectivity index (χ4v) is 3.60. The number of hydrogen-bond donors (Lipinski definition) is 1. The molecular formula is C18H21NO4. The number of carboxylic acids is 1. The molecule has 1 fully saturated rings. The van der Waals surface area contributed by atoms with Crippen molar-refractivity contribution in [1.29, 1.82) is 0 Å². The van der Waals surface area contributed by atoms with Crippen molar-refractivity contribution in [3.63, 3.8) is 0 Å². The molecule has 0 saturated heterocycles. The molecule has 1 heterocycles. The maximum atomic E-state index is 12.9. The van der Waals surface area contributed by atoms with Gasteiger partial charge in [-0.1, -0.05) is 0 Å². The molecule has 1 aliphatic carbocycles. The zero-order valence-electron chi connectivity index (χ0n) is 13.4. The van der Waals surface area contributed by atoms with Crippen molar-refractivity contribution in [1.82, 2.24) is 4.57 Å². The van der Waals surface area contributed by atoms with E-state index in [0.717, 1.165) is 29.7 Å². The molecule has 0 bridgehead atoms. The van der Waals surface area contributed by atoms with Crippen LogP contribution in [0.15, 0.2) is 29.1 Å². The van der Waals surface area contributed by atoms with E-state index in [0.29, 0.717) is 18.2 Å². The normalized spacial score (nSPS) is 21.3. The summed E-state index contributed by atoms with van der Waals surface area (Å²) in [6, 6.07) is 7.56. The lowest BCUT2D eigenvalue weighted by Crippen LogP contribution is -2.31. The SMILES string of the molecule is COc1ccc2c(=O)n([C@H]3CC[C@H](C(=O)O)CC3)c(C)cc2c1. The van der Waals surface area contributed by atoms with Crippen molar-refractivity contribution >= 4 is 16.7 Å². The zero-order chi connectivity index (χ0) is 16.6. The smallest absolute Gasteiger partial charge is 0.306 e. The van der Waals surface area contributed by atoms with Crippen molar-refractivity contribution in [2.75, 3.05) is 7.11 Å². The summed E-state index contributed by atoms with van der Waals surface area (Å²) in [6.45, 7) is 1.93. The lowest BCUT2D eigenvalue weighted by atomic mass is 9.85. The topological polar surface area (TPSA) is 68.5 Å². The van der Waals surface area contributed by atoms with Crippen LogP contribution in [0, 0.1) is 12.8 Å². The Balaban J connectivity index is 1.99. The molecule has 0 aliphatic heterocycles. The molecule has 1 aliphatic rings. The van der Waals surface area contributed by atoms with Gasteiger partial charge in [-0.05, 0) is 62.3 Å². The fourth-order valence-electron chi connectivity index (χ4n) is 3.60. The lowest BCUT2D eigenvalue weighted by Gasteiger charge is -2.29. The van der Waals surface area contributed by atoms with Gasteiger partial charge in [0.2, 0.25) is 0 Å². The largest absolute Gasteiger partial charge is 0.497 e. The first-order chi connectivity index (χ1) is 11.0. The summed E-state index contributed by atoms with van der Waals surface area (Å²) in [5.41, 5.74) is 0.913.